The standard InChI is InChI=1S/C22H19N3O5S2/c1-31(27,28)18-7-9-20(10-8-18)32(29,30)19-5-2-15(3-6-19)4-11-21(26)16-12-17-14-24-25-22(17)23-13-16/h2-3,5-10,12-14H,4,11H2,1H3,(H,23,24,25). The lowest BCUT2D eigenvalue weighted by Crippen LogP contribution is -2.04. The molecule has 0 bridgehead atoms. The highest BCUT2D eigenvalue weighted by Crippen LogP contribution is 2.23. The van der Waals surface area contributed by atoms with Gasteiger partial charge in [-0.15, -0.1) is 0 Å². The number of Topliss-reactive ketones (excluding diaryl/α,β-unsaturated/α-hetero) is 1. The Bertz CT molecular complexity index is 1510. The predicted molar refractivity (Wildman–Crippen MR) is 118 cm³/mol. The smallest absolute Gasteiger partial charge is 0.206 e. The molecule has 10 heteroatoms. The van der Waals surface area contributed by atoms with Crippen molar-refractivity contribution in [2.75, 3.05) is 6.26 Å². The number of aryl methyl sites for hydroxylation is 1. The van der Waals surface area contributed by atoms with E-state index < -0.39 is 19.7 Å². The van der Waals surface area contributed by atoms with Crippen LogP contribution in [0, 0.1) is 0 Å². The number of nitrogens with one attached hydrogen (secondary N) is 1. The van der Waals surface area contributed by atoms with E-state index in [-0.39, 0.29) is 26.9 Å². The Morgan fingerprint density at radius 3 is 2.09 bits per heavy atom. The number of ketones is 1. The lowest BCUT2D eigenvalue weighted by molar-refractivity contribution is 0.0982. The summed E-state index contributed by atoms with van der Waals surface area (Å²) in [5.74, 6) is -0.0664. The summed E-state index contributed by atoms with van der Waals surface area (Å²) < 4.78 is 48.8. The number of carbonyl (C=O) groups excluding carboxylic acids is 1. The summed E-state index contributed by atoms with van der Waals surface area (Å²) in [4.78, 5) is 16.8. The third kappa shape index (κ3) is 4.46. The Balaban J connectivity index is 1.45. The molecule has 2 aromatic carbocycles. The summed E-state index contributed by atoms with van der Waals surface area (Å²) >= 11 is 0. The minimum absolute atomic E-state index is 0.00923. The maximum atomic E-state index is 12.8. The Hall–Kier alpha value is -3.37. The predicted octanol–water partition coefficient (Wildman–Crippen LogP) is 3.01. The van der Waals surface area contributed by atoms with E-state index in [1.807, 2.05) is 0 Å². The largest absolute Gasteiger partial charge is 0.294 e. The summed E-state index contributed by atoms with van der Waals surface area (Å²) in [6.45, 7) is 0. The first kappa shape index (κ1) is 21.8. The average molecular weight is 470 g/mol. The van der Waals surface area contributed by atoms with Gasteiger partial charge in [0, 0.05) is 29.8 Å². The third-order valence-electron chi connectivity index (χ3n) is 5.05. The zero-order chi connectivity index (χ0) is 22.9. The molecule has 0 aliphatic heterocycles. The van der Waals surface area contributed by atoms with Crippen LogP contribution in [0.5, 0.6) is 0 Å². The fourth-order valence-electron chi connectivity index (χ4n) is 3.23. The molecule has 4 aromatic rings. The van der Waals surface area contributed by atoms with Crippen molar-refractivity contribution in [2.24, 2.45) is 0 Å². The van der Waals surface area contributed by atoms with Gasteiger partial charge in [-0.1, -0.05) is 12.1 Å². The van der Waals surface area contributed by atoms with E-state index in [1.165, 1.54) is 42.6 Å². The zero-order valence-corrected chi connectivity index (χ0v) is 18.7. The summed E-state index contributed by atoms with van der Waals surface area (Å²) in [7, 11) is -7.19. The molecule has 2 heterocycles. The third-order valence-corrected chi connectivity index (χ3v) is 7.96. The average Bonchev–Trinajstić information content (AvgIpc) is 3.25. The number of benzene rings is 2. The fraction of sp³-hybridized carbons (Fsp3) is 0.136. The Kier molecular flexibility index (Phi) is 5.66. The van der Waals surface area contributed by atoms with Crippen molar-refractivity contribution < 1.29 is 21.6 Å². The molecule has 0 spiro atoms. The number of H-pyrrole nitrogens is 1. The van der Waals surface area contributed by atoms with Crippen LogP contribution in [-0.4, -0.2) is 44.1 Å². The minimum Gasteiger partial charge on any atom is -0.294 e. The summed E-state index contributed by atoms with van der Waals surface area (Å²) in [6.07, 6.45) is 4.88. The molecule has 2 aromatic heterocycles. The second-order valence-corrected chi connectivity index (χ2v) is 11.3. The first-order chi connectivity index (χ1) is 15.1. The van der Waals surface area contributed by atoms with Gasteiger partial charge in [-0.05, 0) is 54.4 Å². The van der Waals surface area contributed by atoms with E-state index in [9.17, 15) is 21.6 Å². The van der Waals surface area contributed by atoms with Gasteiger partial charge in [-0.25, -0.2) is 21.8 Å². The minimum atomic E-state index is -3.79. The molecular formula is C22H19N3O5S2. The normalized spacial score (nSPS) is 12.2. The van der Waals surface area contributed by atoms with Crippen molar-refractivity contribution in [2.45, 2.75) is 27.5 Å². The lowest BCUT2D eigenvalue weighted by atomic mass is 10.0. The number of carbonyl (C=O) groups is 1. The number of hydrogen-bond acceptors (Lipinski definition) is 7. The van der Waals surface area contributed by atoms with Gasteiger partial charge in [0.05, 0.1) is 20.9 Å². The van der Waals surface area contributed by atoms with Crippen LogP contribution < -0.4 is 0 Å². The van der Waals surface area contributed by atoms with Crippen LogP contribution in [0.4, 0.5) is 0 Å². The molecular weight excluding hydrogens is 450 g/mol. The second kappa shape index (κ2) is 8.29. The van der Waals surface area contributed by atoms with Crippen LogP contribution in [0.25, 0.3) is 11.0 Å². The fourth-order valence-corrected chi connectivity index (χ4v) is 5.12. The van der Waals surface area contributed by atoms with Gasteiger partial charge in [-0.2, -0.15) is 5.10 Å². The maximum Gasteiger partial charge on any atom is 0.206 e. The van der Waals surface area contributed by atoms with E-state index in [0.29, 0.717) is 17.6 Å². The van der Waals surface area contributed by atoms with E-state index in [2.05, 4.69) is 15.2 Å². The Labute approximate surface area is 185 Å². The van der Waals surface area contributed by atoms with Crippen molar-refractivity contribution in [3.8, 4) is 0 Å². The molecule has 4 rings (SSSR count). The SMILES string of the molecule is CS(=O)(=O)c1ccc(S(=O)(=O)c2ccc(CCC(=O)c3cnc4[nH]ncc4c3)cc2)cc1. The van der Waals surface area contributed by atoms with Crippen molar-refractivity contribution in [3.05, 3.63) is 78.1 Å². The molecule has 0 aliphatic rings. The molecule has 0 fully saturated rings. The van der Waals surface area contributed by atoms with Gasteiger partial charge in [-0.3, -0.25) is 9.89 Å². The zero-order valence-electron chi connectivity index (χ0n) is 17.0. The molecule has 0 amide bonds. The molecule has 0 radical (unpaired) electrons. The summed E-state index contributed by atoms with van der Waals surface area (Å²) in [5, 5.41) is 7.38. The van der Waals surface area contributed by atoms with Crippen LogP contribution in [0.1, 0.15) is 22.3 Å². The molecule has 1 N–H and O–H groups in total. The highest BCUT2D eigenvalue weighted by Gasteiger charge is 2.19. The van der Waals surface area contributed by atoms with E-state index in [0.717, 1.165) is 17.2 Å². The van der Waals surface area contributed by atoms with Crippen LogP contribution in [0.3, 0.4) is 0 Å². The van der Waals surface area contributed by atoms with Crippen molar-refractivity contribution in [1.29, 1.82) is 0 Å². The molecule has 0 saturated heterocycles. The monoisotopic (exact) mass is 469 g/mol. The molecule has 0 atom stereocenters. The van der Waals surface area contributed by atoms with Crippen LogP contribution in [0.15, 0.2) is 81.7 Å². The second-order valence-electron chi connectivity index (χ2n) is 7.35. The molecule has 164 valence electrons. The van der Waals surface area contributed by atoms with Crippen LogP contribution in [0.2, 0.25) is 0 Å². The number of nitrogens with zero attached hydrogens (tertiary/aromatic N) is 2. The van der Waals surface area contributed by atoms with Gasteiger partial charge < -0.3 is 0 Å². The lowest BCUT2D eigenvalue weighted by Gasteiger charge is -2.07. The van der Waals surface area contributed by atoms with Gasteiger partial charge in [0.25, 0.3) is 0 Å². The van der Waals surface area contributed by atoms with E-state index in [4.69, 9.17) is 0 Å². The molecule has 0 aliphatic carbocycles. The summed E-state index contributed by atoms with van der Waals surface area (Å²) in [6, 6.07) is 13.2. The van der Waals surface area contributed by atoms with Gasteiger partial charge in [0.15, 0.2) is 21.3 Å². The van der Waals surface area contributed by atoms with E-state index >= 15 is 0 Å². The number of aromatic amines is 1. The van der Waals surface area contributed by atoms with E-state index in [1.54, 1.807) is 24.4 Å². The van der Waals surface area contributed by atoms with Crippen LogP contribution in [-0.2, 0) is 26.1 Å². The first-order valence-electron chi connectivity index (χ1n) is 9.61. The first-order valence-corrected chi connectivity index (χ1v) is 13.0. The molecule has 0 saturated carbocycles. The van der Waals surface area contributed by atoms with Crippen molar-refractivity contribution >= 4 is 36.5 Å². The number of pyridine rings is 1. The highest BCUT2D eigenvalue weighted by atomic mass is 32.2. The highest BCUT2D eigenvalue weighted by molar-refractivity contribution is 7.91. The van der Waals surface area contributed by atoms with Crippen molar-refractivity contribution in [1.82, 2.24) is 15.2 Å². The maximum absolute atomic E-state index is 12.8. The van der Waals surface area contributed by atoms with Gasteiger partial charge in [0.2, 0.25) is 9.84 Å². The van der Waals surface area contributed by atoms with Gasteiger partial charge >= 0.3 is 0 Å². The summed E-state index contributed by atoms with van der Waals surface area (Å²) in [5.41, 5.74) is 1.93. The molecule has 0 unspecified atom stereocenters. The van der Waals surface area contributed by atoms with Crippen molar-refractivity contribution in [3.63, 3.8) is 0 Å². The topological polar surface area (TPSA) is 127 Å². The molecule has 8 nitrogen and oxygen atoms in total. The van der Waals surface area contributed by atoms with Gasteiger partial charge in [0.1, 0.15) is 0 Å². The number of fused-ring (bicyclic) bond motifs is 1. The Morgan fingerprint density at radius 1 is 0.875 bits per heavy atom. The number of rotatable bonds is 7. The van der Waals surface area contributed by atoms with Crippen LogP contribution >= 0.6 is 0 Å². The Morgan fingerprint density at radius 2 is 1.47 bits per heavy atom. The number of sulfone groups is 2. The number of aromatic nitrogens is 3. The quantitative estimate of drug-likeness (QED) is 0.412. The number of hydrogen-bond donors (Lipinski definition) is 1. The molecule has 32 heavy (non-hydrogen) atoms.